The zero-order valence-corrected chi connectivity index (χ0v) is 29.9. The molecule has 5 nitrogen and oxygen atoms in total. The van der Waals surface area contributed by atoms with Crippen LogP contribution in [0.5, 0.6) is 11.5 Å². The molecule has 0 fully saturated rings. The maximum atomic E-state index is 9.73. The van der Waals surface area contributed by atoms with Crippen molar-refractivity contribution in [2.75, 3.05) is 0 Å². The van der Waals surface area contributed by atoms with Gasteiger partial charge >= 0.3 is 0 Å². The third kappa shape index (κ3) is 5.90. The summed E-state index contributed by atoms with van der Waals surface area (Å²) in [6, 6.07) is 60.1. The molecule has 0 N–H and O–H groups in total. The Morgan fingerprint density at radius 2 is 0.963 bits per heavy atom. The monoisotopic (exact) mass is 694 g/mol. The number of ether oxygens (including phenoxy) is 1. The van der Waals surface area contributed by atoms with Gasteiger partial charge in [-0.15, -0.1) is 0 Å². The van der Waals surface area contributed by atoms with Crippen molar-refractivity contribution in [1.82, 2.24) is 15.0 Å². The van der Waals surface area contributed by atoms with E-state index < -0.39 is 0 Å². The Hall–Kier alpha value is -7.16. The van der Waals surface area contributed by atoms with Gasteiger partial charge in [0.05, 0.1) is 5.56 Å². The van der Waals surface area contributed by atoms with Crippen molar-refractivity contribution in [3.05, 3.63) is 187 Å². The quantitative estimate of drug-likeness (QED) is 0.173. The summed E-state index contributed by atoms with van der Waals surface area (Å²) >= 11 is 0. The van der Waals surface area contributed by atoms with Gasteiger partial charge in [-0.3, -0.25) is 0 Å². The molecule has 0 radical (unpaired) electrons. The van der Waals surface area contributed by atoms with Crippen LogP contribution in [0.15, 0.2) is 170 Å². The van der Waals surface area contributed by atoms with Gasteiger partial charge in [0.25, 0.3) is 0 Å². The molecule has 0 saturated heterocycles. The minimum absolute atomic E-state index is 0.346. The number of hydrogen-bond donors (Lipinski definition) is 0. The Balaban J connectivity index is 1.10. The minimum Gasteiger partial charge on any atom is -0.455 e. The van der Waals surface area contributed by atoms with Gasteiger partial charge in [-0.1, -0.05) is 153 Å². The van der Waals surface area contributed by atoms with E-state index in [9.17, 15) is 5.26 Å². The minimum atomic E-state index is -0.346. The highest BCUT2D eigenvalue weighted by Crippen LogP contribution is 2.50. The lowest BCUT2D eigenvalue weighted by molar-refractivity contribution is 0.417. The first-order valence-corrected chi connectivity index (χ1v) is 18.0. The third-order valence-corrected chi connectivity index (χ3v) is 10.2. The molecule has 0 saturated carbocycles. The van der Waals surface area contributed by atoms with Gasteiger partial charge < -0.3 is 4.74 Å². The Labute approximate surface area is 314 Å². The Morgan fingerprint density at radius 1 is 0.444 bits per heavy atom. The molecular formula is C49H34N4O. The van der Waals surface area contributed by atoms with Crippen molar-refractivity contribution >= 4 is 0 Å². The van der Waals surface area contributed by atoms with Gasteiger partial charge in [0.15, 0.2) is 17.5 Å². The van der Waals surface area contributed by atoms with E-state index in [4.69, 9.17) is 19.7 Å². The Kier molecular flexibility index (Phi) is 8.14. The highest BCUT2D eigenvalue weighted by molar-refractivity contribution is 5.82. The van der Waals surface area contributed by atoms with Crippen LogP contribution in [0.25, 0.3) is 67.5 Å². The number of fused-ring (bicyclic) bond motifs is 2. The Morgan fingerprint density at radius 3 is 1.65 bits per heavy atom. The summed E-state index contributed by atoms with van der Waals surface area (Å²) in [6.45, 7) is 4.38. The average Bonchev–Trinajstić information content (AvgIpc) is 3.24. The molecule has 1 aromatic heterocycles. The van der Waals surface area contributed by atoms with Crippen LogP contribution in [0.3, 0.4) is 0 Å². The lowest BCUT2D eigenvalue weighted by Gasteiger charge is -2.35. The van der Waals surface area contributed by atoms with Crippen LogP contribution in [-0.4, -0.2) is 15.0 Å². The summed E-state index contributed by atoms with van der Waals surface area (Å²) in [5, 5.41) is 9.73. The summed E-state index contributed by atoms with van der Waals surface area (Å²) in [7, 11) is 0. The molecule has 5 heteroatoms. The summed E-state index contributed by atoms with van der Waals surface area (Å²) < 4.78 is 6.34. The van der Waals surface area contributed by atoms with Crippen molar-refractivity contribution in [2.24, 2.45) is 0 Å². The van der Waals surface area contributed by atoms with E-state index in [-0.39, 0.29) is 5.41 Å². The average molecular weight is 695 g/mol. The predicted octanol–water partition coefficient (Wildman–Crippen LogP) is 12.2. The third-order valence-electron chi connectivity index (χ3n) is 10.2. The number of hydrogen-bond acceptors (Lipinski definition) is 5. The summed E-state index contributed by atoms with van der Waals surface area (Å²) in [6.07, 6.45) is 0. The van der Waals surface area contributed by atoms with E-state index in [2.05, 4.69) is 111 Å². The largest absolute Gasteiger partial charge is 0.455 e. The van der Waals surface area contributed by atoms with Gasteiger partial charge in [-0.2, -0.15) is 5.26 Å². The first-order valence-electron chi connectivity index (χ1n) is 18.0. The molecule has 256 valence electrons. The van der Waals surface area contributed by atoms with Crippen LogP contribution in [0.2, 0.25) is 0 Å². The number of rotatable bonds is 6. The van der Waals surface area contributed by atoms with Gasteiger partial charge in [-0.25, -0.2) is 15.0 Å². The number of benzene rings is 7. The van der Waals surface area contributed by atoms with E-state index in [1.807, 2.05) is 78.9 Å². The molecule has 9 rings (SSSR count). The van der Waals surface area contributed by atoms with E-state index >= 15 is 0 Å². The van der Waals surface area contributed by atoms with Crippen molar-refractivity contribution in [3.8, 4) is 85.1 Å². The fourth-order valence-electron chi connectivity index (χ4n) is 7.37. The van der Waals surface area contributed by atoms with E-state index in [1.54, 1.807) is 0 Å². The standard InChI is InChI=1S/C49H34N4O/c1-49(2)42-25-13-22-39(31-50)45(42)54-44-27-26-37(30-43(44)49)35-19-11-18-34(28-35)36-20-12-21-38(29-36)47-51-46(33-16-7-4-8-17-33)52-48(53-47)41-24-10-9-23-40(41)32-14-5-3-6-15-32/h3-30H,1-2H3. The lowest BCUT2D eigenvalue weighted by atomic mass is 9.74. The van der Waals surface area contributed by atoms with Crippen LogP contribution in [-0.2, 0) is 5.41 Å². The van der Waals surface area contributed by atoms with Gasteiger partial charge in [0.1, 0.15) is 17.6 Å². The first-order chi connectivity index (χ1) is 26.5. The fraction of sp³-hybridized carbons (Fsp3) is 0.0612. The molecule has 8 aromatic rings. The van der Waals surface area contributed by atoms with Crippen LogP contribution in [0, 0.1) is 11.3 Å². The molecule has 0 spiro atoms. The van der Waals surface area contributed by atoms with Crippen molar-refractivity contribution < 1.29 is 4.74 Å². The highest BCUT2D eigenvalue weighted by atomic mass is 16.5. The second kappa shape index (κ2) is 13.4. The zero-order chi connectivity index (χ0) is 36.6. The Bertz CT molecular complexity index is 2730. The molecular weight excluding hydrogens is 661 g/mol. The molecule has 7 aromatic carbocycles. The highest BCUT2D eigenvalue weighted by Gasteiger charge is 2.35. The molecule has 0 amide bonds. The van der Waals surface area contributed by atoms with Crippen LogP contribution in [0.4, 0.5) is 0 Å². The van der Waals surface area contributed by atoms with E-state index in [0.717, 1.165) is 66.9 Å². The van der Waals surface area contributed by atoms with Gasteiger partial charge in [0, 0.05) is 33.2 Å². The van der Waals surface area contributed by atoms with Crippen molar-refractivity contribution in [3.63, 3.8) is 0 Å². The van der Waals surface area contributed by atoms with Crippen molar-refractivity contribution in [1.29, 1.82) is 5.26 Å². The predicted molar refractivity (Wildman–Crippen MR) is 216 cm³/mol. The molecule has 54 heavy (non-hydrogen) atoms. The summed E-state index contributed by atoms with van der Waals surface area (Å²) in [4.78, 5) is 15.2. The number of para-hydroxylation sites is 1. The van der Waals surface area contributed by atoms with Gasteiger partial charge in [0.2, 0.25) is 0 Å². The molecule has 1 aliphatic rings. The zero-order valence-electron chi connectivity index (χ0n) is 29.9. The van der Waals surface area contributed by atoms with Crippen LogP contribution < -0.4 is 4.74 Å². The maximum Gasteiger partial charge on any atom is 0.164 e. The maximum absolute atomic E-state index is 9.73. The first kappa shape index (κ1) is 32.7. The number of nitrogens with zero attached hydrogens (tertiary/aromatic N) is 4. The smallest absolute Gasteiger partial charge is 0.164 e. The number of nitriles is 1. The molecule has 0 aliphatic carbocycles. The summed E-state index contributed by atoms with van der Waals surface area (Å²) in [5.41, 5.74) is 11.6. The molecule has 2 heterocycles. The molecule has 0 unspecified atom stereocenters. The van der Waals surface area contributed by atoms with E-state index in [1.165, 1.54) is 0 Å². The summed E-state index contributed by atoms with van der Waals surface area (Å²) in [5.74, 6) is 3.28. The fourth-order valence-corrected chi connectivity index (χ4v) is 7.37. The van der Waals surface area contributed by atoms with E-state index in [0.29, 0.717) is 28.8 Å². The molecule has 0 bridgehead atoms. The SMILES string of the molecule is CC1(C)c2cc(-c3cccc(-c4cccc(-c5nc(-c6ccccc6)nc(-c6ccccc6-c6ccccc6)n5)c4)c3)ccc2Oc2c(C#N)cccc21. The lowest BCUT2D eigenvalue weighted by Crippen LogP contribution is -2.24. The molecule has 1 aliphatic heterocycles. The second-order valence-electron chi connectivity index (χ2n) is 14.0. The topological polar surface area (TPSA) is 71.7 Å². The second-order valence-corrected chi connectivity index (χ2v) is 14.0. The normalized spacial score (nSPS) is 12.5. The molecule has 0 atom stereocenters. The van der Waals surface area contributed by atoms with Crippen molar-refractivity contribution in [2.45, 2.75) is 19.3 Å². The van der Waals surface area contributed by atoms with Crippen LogP contribution in [0.1, 0.15) is 30.5 Å². The van der Waals surface area contributed by atoms with Crippen LogP contribution >= 0.6 is 0 Å². The van der Waals surface area contributed by atoms with Gasteiger partial charge in [-0.05, 0) is 63.7 Å². The number of aromatic nitrogens is 3.